The third-order valence-electron chi connectivity index (χ3n) is 3.09. The molecule has 0 bridgehead atoms. The minimum Gasteiger partial charge on any atom is -0.508 e. The van der Waals surface area contributed by atoms with Gasteiger partial charge in [0.1, 0.15) is 11.5 Å². The number of benzene rings is 2. The molecule has 0 fully saturated rings. The Morgan fingerprint density at radius 1 is 1.17 bits per heavy atom. The molecule has 0 unspecified atom stereocenters. The third-order valence-corrected chi connectivity index (χ3v) is 3.73. The van der Waals surface area contributed by atoms with E-state index in [0.29, 0.717) is 22.1 Å². The van der Waals surface area contributed by atoms with Crippen molar-refractivity contribution in [1.82, 2.24) is 0 Å². The zero-order valence-electron chi connectivity index (χ0n) is 12.8. The fourth-order valence-corrected chi connectivity index (χ4v) is 2.27. The van der Waals surface area contributed by atoms with Crippen LogP contribution in [-0.4, -0.2) is 22.3 Å². The molecule has 0 aliphatic carbocycles. The summed E-state index contributed by atoms with van der Waals surface area (Å²) in [6.45, 7) is 3.93. The van der Waals surface area contributed by atoms with Crippen molar-refractivity contribution in [1.29, 1.82) is 0 Å². The van der Waals surface area contributed by atoms with E-state index in [0.717, 1.165) is 5.69 Å². The van der Waals surface area contributed by atoms with Crippen molar-refractivity contribution in [3.8, 4) is 11.5 Å². The molecule has 0 spiro atoms. The van der Waals surface area contributed by atoms with E-state index in [1.165, 1.54) is 12.1 Å². The molecule has 0 saturated heterocycles. The Kier molecular flexibility index (Phi) is 5.50. The normalized spacial score (nSPS) is 10.6. The van der Waals surface area contributed by atoms with E-state index in [1.54, 1.807) is 38.1 Å². The van der Waals surface area contributed by atoms with Crippen LogP contribution >= 0.6 is 15.9 Å². The van der Waals surface area contributed by atoms with Crippen molar-refractivity contribution in [3.05, 3.63) is 52.0 Å². The van der Waals surface area contributed by atoms with E-state index < -0.39 is 0 Å². The van der Waals surface area contributed by atoms with E-state index in [1.807, 2.05) is 0 Å². The van der Waals surface area contributed by atoms with Crippen molar-refractivity contribution in [2.24, 2.45) is 0 Å². The van der Waals surface area contributed by atoms with Crippen LogP contribution in [0.2, 0.25) is 0 Å². The lowest BCUT2D eigenvalue weighted by atomic mass is 10.1. The molecule has 3 N–H and O–H groups in total. The van der Waals surface area contributed by atoms with Gasteiger partial charge in [0.25, 0.3) is 0 Å². The number of rotatable bonds is 5. The van der Waals surface area contributed by atoms with Crippen LogP contribution in [0.1, 0.15) is 29.8 Å². The Labute approximate surface area is 143 Å². The number of aromatic hydroxyl groups is 2. The number of carbonyl (C=O) groups excluding carboxylic acids is 1. The summed E-state index contributed by atoms with van der Waals surface area (Å²) in [5.74, 6) is -0.215. The standard InChI is InChI=1S/C17H18BrNO4/c1-10(2)23-17(22)11-3-5-13(6-4-11)19-9-12-7-16(21)14(18)8-15(12)20/h3-8,10,19-21H,9H2,1-2H3. The molecule has 23 heavy (non-hydrogen) atoms. The topological polar surface area (TPSA) is 78.8 Å². The maximum Gasteiger partial charge on any atom is 0.338 e. The summed E-state index contributed by atoms with van der Waals surface area (Å²) in [5, 5.41) is 22.6. The van der Waals surface area contributed by atoms with Crippen LogP contribution in [0.25, 0.3) is 0 Å². The molecule has 2 aromatic rings. The first-order valence-electron chi connectivity index (χ1n) is 7.12. The Bertz CT molecular complexity index is 698. The number of esters is 1. The number of ether oxygens (including phenoxy) is 1. The highest BCUT2D eigenvalue weighted by molar-refractivity contribution is 9.10. The van der Waals surface area contributed by atoms with E-state index in [2.05, 4.69) is 21.2 Å². The Hall–Kier alpha value is -2.21. The first-order valence-corrected chi connectivity index (χ1v) is 7.91. The maximum atomic E-state index is 11.8. The zero-order chi connectivity index (χ0) is 17.0. The lowest BCUT2D eigenvalue weighted by molar-refractivity contribution is 0.0378. The van der Waals surface area contributed by atoms with Gasteiger partial charge in [-0.1, -0.05) is 0 Å². The lowest BCUT2D eigenvalue weighted by Crippen LogP contribution is -2.11. The molecule has 5 nitrogen and oxygen atoms in total. The van der Waals surface area contributed by atoms with Gasteiger partial charge in [-0.25, -0.2) is 4.79 Å². The molecule has 0 radical (unpaired) electrons. The van der Waals surface area contributed by atoms with Gasteiger partial charge in [-0.2, -0.15) is 0 Å². The Balaban J connectivity index is 2.02. The first kappa shape index (κ1) is 17.1. The van der Waals surface area contributed by atoms with Gasteiger partial charge in [-0.15, -0.1) is 0 Å². The predicted molar refractivity (Wildman–Crippen MR) is 91.8 cm³/mol. The number of phenols is 2. The second-order valence-corrected chi connectivity index (χ2v) is 6.17. The molecule has 0 amide bonds. The lowest BCUT2D eigenvalue weighted by Gasteiger charge is -2.11. The minimum atomic E-state index is -0.359. The number of anilines is 1. The Morgan fingerprint density at radius 2 is 1.83 bits per heavy atom. The molecular weight excluding hydrogens is 362 g/mol. The molecular formula is C17H18BrNO4. The molecule has 0 atom stereocenters. The van der Waals surface area contributed by atoms with E-state index in [9.17, 15) is 15.0 Å². The molecule has 6 heteroatoms. The highest BCUT2D eigenvalue weighted by Gasteiger charge is 2.09. The third kappa shape index (κ3) is 4.63. The van der Waals surface area contributed by atoms with Gasteiger partial charge in [0.05, 0.1) is 16.1 Å². The number of carbonyl (C=O) groups is 1. The van der Waals surface area contributed by atoms with Crippen LogP contribution < -0.4 is 5.32 Å². The monoisotopic (exact) mass is 379 g/mol. The predicted octanol–water partition coefficient (Wildman–Crippen LogP) is 4.04. The van der Waals surface area contributed by atoms with Gasteiger partial charge in [0.15, 0.2) is 0 Å². The average molecular weight is 380 g/mol. The van der Waals surface area contributed by atoms with Gasteiger partial charge in [0, 0.05) is 17.8 Å². The summed E-state index contributed by atoms with van der Waals surface area (Å²) in [6, 6.07) is 9.79. The van der Waals surface area contributed by atoms with E-state index >= 15 is 0 Å². The largest absolute Gasteiger partial charge is 0.508 e. The molecule has 122 valence electrons. The maximum absolute atomic E-state index is 11.8. The van der Waals surface area contributed by atoms with Crippen LogP contribution in [0.3, 0.4) is 0 Å². The van der Waals surface area contributed by atoms with Crippen LogP contribution in [0.5, 0.6) is 11.5 Å². The number of phenolic OH excluding ortho intramolecular Hbond substituents is 2. The summed E-state index contributed by atoms with van der Waals surface area (Å²) >= 11 is 3.14. The van der Waals surface area contributed by atoms with Gasteiger partial charge in [-0.05, 0) is 66.2 Å². The molecule has 0 heterocycles. The average Bonchev–Trinajstić information content (AvgIpc) is 2.49. The quantitative estimate of drug-likeness (QED) is 0.539. The first-order chi connectivity index (χ1) is 10.9. The number of hydrogen-bond donors (Lipinski definition) is 3. The van der Waals surface area contributed by atoms with Crippen molar-refractivity contribution >= 4 is 27.6 Å². The van der Waals surface area contributed by atoms with Crippen molar-refractivity contribution < 1.29 is 19.7 Å². The summed E-state index contributed by atoms with van der Waals surface area (Å²) in [7, 11) is 0. The SMILES string of the molecule is CC(C)OC(=O)c1ccc(NCc2cc(O)c(Br)cc2O)cc1. The van der Waals surface area contributed by atoms with Gasteiger partial charge in [-0.3, -0.25) is 0 Å². The summed E-state index contributed by atoms with van der Waals surface area (Å²) < 4.78 is 5.56. The summed E-state index contributed by atoms with van der Waals surface area (Å²) in [4.78, 5) is 11.8. The Morgan fingerprint density at radius 3 is 2.43 bits per heavy atom. The van der Waals surface area contributed by atoms with Crippen molar-refractivity contribution in [2.45, 2.75) is 26.5 Å². The fourth-order valence-electron chi connectivity index (χ4n) is 1.94. The molecule has 2 aromatic carbocycles. The highest BCUT2D eigenvalue weighted by atomic mass is 79.9. The van der Waals surface area contributed by atoms with Crippen LogP contribution in [-0.2, 0) is 11.3 Å². The molecule has 0 aliphatic heterocycles. The number of hydrogen-bond acceptors (Lipinski definition) is 5. The highest BCUT2D eigenvalue weighted by Crippen LogP contribution is 2.31. The molecule has 0 aromatic heterocycles. The minimum absolute atomic E-state index is 0.0615. The van der Waals surface area contributed by atoms with E-state index in [-0.39, 0.29) is 23.6 Å². The fraction of sp³-hybridized carbons (Fsp3) is 0.235. The van der Waals surface area contributed by atoms with Crippen LogP contribution in [0, 0.1) is 0 Å². The van der Waals surface area contributed by atoms with Gasteiger partial charge >= 0.3 is 5.97 Å². The van der Waals surface area contributed by atoms with E-state index in [4.69, 9.17) is 4.74 Å². The molecule has 2 rings (SSSR count). The van der Waals surface area contributed by atoms with Crippen LogP contribution in [0.15, 0.2) is 40.9 Å². The van der Waals surface area contributed by atoms with Crippen LogP contribution in [0.4, 0.5) is 5.69 Å². The second-order valence-electron chi connectivity index (χ2n) is 5.32. The van der Waals surface area contributed by atoms with Gasteiger partial charge < -0.3 is 20.3 Å². The molecule has 0 aliphatic rings. The summed E-state index contributed by atoms with van der Waals surface area (Å²) in [5.41, 5.74) is 1.83. The zero-order valence-corrected chi connectivity index (χ0v) is 14.4. The van der Waals surface area contributed by atoms with Crippen molar-refractivity contribution in [2.75, 3.05) is 5.32 Å². The second kappa shape index (κ2) is 7.37. The number of nitrogens with one attached hydrogen (secondary N) is 1. The summed E-state index contributed by atoms with van der Waals surface area (Å²) in [6.07, 6.45) is -0.159. The molecule has 0 saturated carbocycles. The smallest absolute Gasteiger partial charge is 0.338 e. The van der Waals surface area contributed by atoms with Crippen molar-refractivity contribution in [3.63, 3.8) is 0 Å². The van der Waals surface area contributed by atoms with Gasteiger partial charge in [0.2, 0.25) is 0 Å². The number of halogens is 1.